The zero-order valence-electron chi connectivity index (χ0n) is 11.8. The Hall–Kier alpha value is 0.0169. The lowest BCUT2D eigenvalue weighted by molar-refractivity contribution is 0.0348. The first-order valence-corrected chi connectivity index (χ1v) is 8.23. The van der Waals surface area contributed by atoms with Gasteiger partial charge in [0.25, 0.3) is 0 Å². The van der Waals surface area contributed by atoms with Crippen molar-refractivity contribution in [1.82, 2.24) is 5.43 Å². The molecule has 0 spiro atoms. The molecule has 0 aliphatic carbocycles. The summed E-state index contributed by atoms with van der Waals surface area (Å²) in [6.45, 7) is 11.7. The fraction of sp³-hybridized carbons (Fsp3) is 1.00. The van der Waals surface area contributed by atoms with E-state index in [1.807, 2.05) is 20.8 Å². The zero-order chi connectivity index (χ0) is 13.4. The van der Waals surface area contributed by atoms with Gasteiger partial charge in [-0.25, -0.2) is 5.43 Å². The predicted octanol–water partition coefficient (Wildman–Crippen LogP) is 1.60. The number of rotatable bonds is 10. The molecular formula is C11H28N2O3Si. The molecule has 5 nitrogen and oxygen atoms in total. The van der Waals surface area contributed by atoms with E-state index in [1.54, 1.807) is 0 Å². The van der Waals surface area contributed by atoms with E-state index in [-0.39, 0.29) is 0 Å². The van der Waals surface area contributed by atoms with Crippen molar-refractivity contribution >= 4 is 8.80 Å². The summed E-state index contributed by atoms with van der Waals surface area (Å²) in [4.78, 5) is 0. The van der Waals surface area contributed by atoms with Gasteiger partial charge in [0.05, 0.1) is 0 Å². The molecule has 0 aromatic heterocycles. The van der Waals surface area contributed by atoms with E-state index in [0.717, 1.165) is 12.8 Å². The third kappa shape index (κ3) is 3.49. The predicted molar refractivity (Wildman–Crippen MR) is 71.3 cm³/mol. The highest BCUT2D eigenvalue weighted by molar-refractivity contribution is 6.64. The molecule has 0 aromatic rings. The minimum atomic E-state index is -2.81. The minimum Gasteiger partial charge on any atom is -0.373 e. The van der Waals surface area contributed by atoms with Crippen LogP contribution < -0.4 is 11.3 Å². The van der Waals surface area contributed by atoms with Gasteiger partial charge in [0, 0.05) is 19.8 Å². The summed E-state index contributed by atoms with van der Waals surface area (Å²) in [5, 5.41) is -0.408. The summed E-state index contributed by atoms with van der Waals surface area (Å²) in [7, 11) is -2.81. The fourth-order valence-corrected chi connectivity index (χ4v) is 5.35. The lowest BCUT2D eigenvalue weighted by Gasteiger charge is -2.43. The smallest absolute Gasteiger partial charge is 0.373 e. The minimum absolute atomic E-state index is 0.408. The third-order valence-electron chi connectivity index (χ3n) is 3.07. The van der Waals surface area contributed by atoms with Crippen LogP contribution in [0.25, 0.3) is 0 Å². The molecule has 0 aromatic carbocycles. The van der Waals surface area contributed by atoms with Gasteiger partial charge in [0.1, 0.15) is 5.16 Å². The molecular weight excluding hydrogens is 236 g/mol. The molecule has 17 heavy (non-hydrogen) atoms. The third-order valence-corrected chi connectivity index (χ3v) is 7.10. The van der Waals surface area contributed by atoms with Crippen LogP contribution in [0.15, 0.2) is 0 Å². The molecule has 0 radical (unpaired) electrons. The second-order valence-electron chi connectivity index (χ2n) is 3.79. The van der Waals surface area contributed by atoms with Crippen LogP contribution in [-0.4, -0.2) is 33.8 Å². The molecule has 0 saturated heterocycles. The molecule has 3 N–H and O–H groups in total. The topological polar surface area (TPSA) is 65.7 Å². The van der Waals surface area contributed by atoms with Crippen molar-refractivity contribution in [2.75, 3.05) is 19.8 Å². The van der Waals surface area contributed by atoms with Gasteiger partial charge < -0.3 is 13.3 Å². The van der Waals surface area contributed by atoms with Crippen LogP contribution in [0.4, 0.5) is 0 Å². The van der Waals surface area contributed by atoms with E-state index < -0.39 is 14.0 Å². The van der Waals surface area contributed by atoms with E-state index >= 15 is 0 Å². The molecule has 0 bridgehead atoms. The van der Waals surface area contributed by atoms with Crippen LogP contribution in [0.2, 0.25) is 0 Å². The molecule has 0 rings (SSSR count). The van der Waals surface area contributed by atoms with E-state index in [0.29, 0.717) is 19.8 Å². The monoisotopic (exact) mass is 264 g/mol. The maximum atomic E-state index is 5.90. The number of hydrogen-bond acceptors (Lipinski definition) is 5. The van der Waals surface area contributed by atoms with Crippen molar-refractivity contribution in [2.24, 2.45) is 5.84 Å². The normalized spacial score (nSPS) is 13.1. The van der Waals surface area contributed by atoms with Crippen LogP contribution in [0.5, 0.6) is 0 Å². The lowest BCUT2D eigenvalue weighted by atomic mass is 10.2. The van der Waals surface area contributed by atoms with Crippen LogP contribution >= 0.6 is 0 Å². The van der Waals surface area contributed by atoms with Crippen molar-refractivity contribution in [3.63, 3.8) is 0 Å². The lowest BCUT2D eigenvalue weighted by Crippen LogP contribution is -2.72. The maximum absolute atomic E-state index is 5.90. The van der Waals surface area contributed by atoms with Gasteiger partial charge >= 0.3 is 8.80 Å². The number of hydrogen-bond donors (Lipinski definition) is 2. The average Bonchev–Trinajstić information content (AvgIpc) is 2.33. The van der Waals surface area contributed by atoms with Crippen molar-refractivity contribution in [3.8, 4) is 0 Å². The largest absolute Gasteiger partial charge is 0.523 e. The van der Waals surface area contributed by atoms with Crippen molar-refractivity contribution < 1.29 is 13.3 Å². The van der Waals surface area contributed by atoms with E-state index in [1.165, 1.54) is 0 Å². The maximum Gasteiger partial charge on any atom is 0.523 e. The van der Waals surface area contributed by atoms with Crippen molar-refractivity contribution in [1.29, 1.82) is 0 Å². The standard InChI is InChI=1S/C11H28N2O3Si/c1-6-11(7-2,13-12)17(14-8-3,15-9-4)16-10-5/h13H,6-10,12H2,1-5H3. The van der Waals surface area contributed by atoms with Crippen molar-refractivity contribution in [2.45, 2.75) is 52.6 Å². The first-order valence-electron chi connectivity index (χ1n) is 6.51. The summed E-state index contributed by atoms with van der Waals surface area (Å²) in [5.41, 5.74) is 2.90. The van der Waals surface area contributed by atoms with Gasteiger partial charge in [-0.2, -0.15) is 0 Å². The molecule has 0 aliphatic heterocycles. The average molecular weight is 264 g/mol. The Morgan fingerprint density at radius 3 is 1.41 bits per heavy atom. The second-order valence-corrected chi connectivity index (χ2v) is 6.72. The number of nitrogens with one attached hydrogen (secondary N) is 1. The van der Waals surface area contributed by atoms with E-state index in [9.17, 15) is 0 Å². The quantitative estimate of drug-likeness (QED) is 0.356. The van der Waals surface area contributed by atoms with E-state index in [2.05, 4.69) is 19.3 Å². The van der Waals surface area contributed by atoms with Gasteiger partial charge in [-0.15, -0.1) is 0 Å². The molecule has 104 valence electrons. The summed E-state index contributed by atoms with van der Waals surface area (Å²) in [6.07, 6.45) is 1.62. The van der Waals surface area contributed by atoms with Crippen LogP contribution in [0.3, 0.4) is 0 Å². The van der Waals surface area contributed by atoms with Crippen molar-refractivity contribution in [3.05, 3.63) is 0 Å². The van der Waals surface area contributed by atoms with Gasteiger partial charge in [0.15, 0.2) is 0 Å². The Labute approximate surface area is 106 Å². The Bertz CT molecular complexity index is 176. The zero-order valence-corrected chi connectivity index (χ0v) is 12.8. The highest BCUT2D eigenvalue weighted by Crippen LogP contribution is 2.30. The molecule has 0 amide bonds. The summed E-state index contributed by atoms with van der Waals surface area (Å²) in [5.74, 6) is 5.75. The number of hydrazine groups is 1. The highest BCUT2D eigenvalue weighted by Gasteiger charge is 2.59. The van der Waals surface area contributed by atoms with Crippen LogP contribution in [0.1, 0.15) is 47.5 Å². The van der Waals surface area contributed by atoms with Gasteiger partial charge in [-0.1, -0.05) is 13.8 Å². The van der Waals surface area contributed by atoms with E-state index in [4.69, 9.17) is 19.1 Å². The molecule has 0 saturated carbocycles. The van der Waals surface area contributed by atoms with Gasteiger partial charge in [-0.3, -0.25) is 5.84 Å². The first kappa shape index (κ1) is 17.0. The molecule has 0 unspecified atom stereocenters. The summed E-state index contributed by atoms with van der Waals surface area (Å²) >= 11 is 0. The molecule has 0 atom stereocenters. The fourth-order valence-electron chi connectivity index (χ4n) is 2.09. The molecule has 0 aliphatic rings. The van der Waals surface area contributed by atoms with Crippen LogP contribution in [-0.2, 0) is 13.3 Å². The Balaban J connectivity index is 5.31. The SMILES string of the molecule is CCO[Si](OCC)(OCC)C(CC)(CC)NN. The number of nitrogens with two attached hydrogens (primary N) is 1. The Kier molecular flexibility index (Phi) is 8.19. The molecule has 0 fully saturated rings. The van der Waals surface area contributed by atoms with Gasteiger partial charge in [-0.05, 0) is 33.6 Å². The Morgan fingerprint density at radius 2 is 1.24 bits per heavy atom. The van der Waals surface area contributed by atoms with Gasteiger partial charge in [0.2, 0.25) is 0 Å². The Morgan fingerprint density at radius 1 is 0.882 bits per heavy atom. The van der Waals surface area contributed by atoms with Crippen LogP contribution in [0, 0.1) is 0 Å². The second kappa shape index (κ2) is 8.18. The molecule has 6 heteroatoms. The highest BCUT2D eigenvalue weighted by atomic mass is 28.4. The summed E-state index contributed by atoms with van der Waals surface area (Å²) in [6, 6.07) is 0. The summed E-state index contributed by atoms with van der Waals surface area (Å²) < 4.78 is 17.7. The first-order chi connectivity index (χ1) is 8.11. The molecule has 0 heterocycles.